The van der Waals surface area contributed by atoms with Crippen LogP contribution in [-0.4, -0.2) is 46.4 Å². The number of aromatic nitrogens is 1. The third-order valence-electron chi connectivity index (χ3n) is 2.69. The molecule has 0 saturated carbocycles. The van der Waals surface area contributed by atoms with Crippen LogP contribution >= 0.6 is 0 Å². The number of para-hydroxylation sites is 1. The van der Waals surface area contributed by atoms with Crippen molar-refractivity contribution in [1.29, 1.82) is 0 Å². The number of aliphatic hydroxyl groups is 2. The number of nitrogens with zero attached hydrogens (tertiary/aromatic N) is 2. The molecule has 0 amide bonds. The summed E-state index contributed by atoms with van der Waals surface area (Å²) in [6.07, 6.45) is 0. The Morgan fingerprint density at radius 3 is 2.56 bits per heavy atom. The predicted molar refractivity (Wildman–Crippen MR) is 67.9 cm³/mol. The van der Waals surface area contributed by atoms with Gasteiger partial charge in [0.2, 0.25) is 5.89 Å². The normalized spacial score (nSPS) is 11.5. The van der Waals surface area contributed by atoms with Crippen molar-refractivity contribution in [3.05, 3.63) is 24.1 Å². The lowest BCUT2D eigenvalue weighted by molar-refractivity contribution is 0.147. The number of hydrogen-bond acceptors (Lipinski definition) is 6. The topological polar surface area (TPSA) is 95.8 Å². The molecule has 0 bridgehead atoms. The maximum atomic E-state index is 8.93. The van der Waals surface area contributed by atoms with Crippen LogP contribution < -0.4 is 5.73 Å². The van der Waals surface area contributed by atoms with Crippen LogP contribution in [0.5, 0.6) is 0 Å². The van der Waals surface area contributed by atoms with Gasteiger partial charge in [0.25, 0.3) is 0 Å². The summed E-state index contributed by atoms with van der Waals surface area (Å²) in [4.78, 5) is 6.18. The molecule has 1 aromatic carbocycles. The Bertz CT molecular complexity index is 506. The van der Waals surface area contributed by atoms with E-state index in [0.717, 1.165) is 0 Å². The Morgan fingerprint density at radius 1 is 1.22 bits per heavy atom. The van der Waals surface area contributed by atoms with Crippen molar-refractivity contribution < 1.29 is 14.6 Å². The Kier molecular flexibility index (Phi) is 4.14. The highest BCUT2D eigenvalue weighted by Gasteiger charge is 2.12. The van der Waals surface area contributed by atoms with Gasteiger partial charge in [-0.3, -0.25) is 4.90 Å². The summed E-state index contributed by atoms with van der Waals surface area (Å²) in [5.74, 6) is 0.532. The predicted octanol–water partition coefficient (Wildman–Crippen LogP) is 0.197. The summed E-state index contributed by atoms with van der Waals surface area (Å²) in [5.41, 5.74) is 7.69. The average molecular weight is 251 g/mol. The second-order valence-corrected chi connectivity index (χ2v) is 4.02. The van der Waals surface area contributed by atoms with Crippen LogP contribution in [0.2, 0.25) is 0 Å². The van der Waals surface area contributed by atoms with Gasteiger partial charge in [0, 0.05) is 13.1 Å². The molecule has 0 radical (unpaired) electrons. The molecular weight excluding hydrogens is 234 g/mol. The van der Waals surface area contributed by atoms with E-state index in [0.29, 0.717) is 42.3 Å². The number of hydrogen-bond donors (Lipinski definition) is 3. The Hall–Kier alpha value is -1.63. The molecule has 6 nitrogen and oxygen atoms in total. The van der Waals surface area contributed by atoms with Crippen molar-refractivity contribution in [2.24, 2.45) is 0 Å². The number of rotatable bonds is 6. The maximum Gasteiger partial charge on any atom is 0.209 e. The van der Waals surface area contributed by atoms with E-state index in [-0.39, 0.29) is 13.2 Å². The second kappa shape index (κ2) is 5.81. The Labute approximate surface area is 105 Å². The van der Waals surface area contributed by atoms with Gasteiger partial charge >= 0.3 is 0 Å². The first-order valence-corrected chi connectivity index (χ1v) is 5.82. The Morgan fingerprint density at radius 2 is 1.94 bits per heavy atom. The first-order valence-electron chi connectivity index (χ1n) is 5.82. The van der Waals surface area contributed by atoms with Gasteiger partial charge in [-0.15, -0.1) is 0 Å². The number of benzene rings is 1. The molecule has 0 aliphatic rings. The van der Waals surface area contributed by atoms with E-state index in [4.69, 9.17) is 20.4 Å². The third kappa shape index (κ3) is 2.79. The fourth-order valence-electron chi connectivity index (χ4n) is 1.83. The highest BCUT2D eigenvalue weighted by molar-refractivity contribution is 5.85. The van der Waals surface area contributed by atoms with E-state index in [1.165, 1.54) is 0 Å². The van der Waals surface area contributed by atoms with Crippen molar-refractivity contribution in [3.8, 4) is 0 Å². The molecule has 0 fully saturated rings. The monoisotopic (exact) mass is 251 g/mol. The van der Waals surface area contributed by atoms with Crippen LogP contribution in [0.15, 0.2) is 22.6 Å². The number of nitrogen functional groups attached to an aromatic ring is 1. The molecule has 6 heteroatoms. The number of anilines is 1. The van der Waals surface area contributed by atoms with Gasteiger partial charge in [0.15, 0.2) is 5.58 Å². The van der Waals surface area contributed by atoms with Crippen LogP contribution in [0.3, 0.4) is 0 Å². The zero-order valence-corrected chi connectivity index (χ0v) is 10.0. The molecule has 98 valence electrons. The highest BCUT2D eigenvalue weighted by atomic mass is 16.3. The number of oxazole rings is 1. The van der Waals surface area contributed by atoms with E-state index in [1.54, 1.807) is 6.07 Å². The minimum Gasteiger partial charge on any atom is -0.439 e. The fourth-order valence-corrected chi connectivity index (χ4v) is 1.83. The van der Waals surface area contributed by atoms with Gasteiger partial charge in [0.05, 0.1) is 25.4 Å². The summed E-state index contributed by atoms with van der Waals surface area (Å²) >= 11 is 0. The SMILES string of the molecule is Nc1cccc2oc(CN(CCO)CCO)nc12. The van der Waals surface area contributed by atoms with Gasteiger partial charge in [-0.2, -0.15) is 0 Å². The van der Waals surface area contributed by atoms with E-state index in [1.807, 2.05) is 17.0 Å². The number of fused-ring (bicyclic) bond motifs is 1. The molecule has 0 spiro atoms. The zero-order chi connectivity index (χ0) is 13.0. The van der Waals surface area contributed by atoms with Crippen molar-refractivity contribution in [2.45, 2.75) is 6.54 Å². The standard InChI is InChI=1S/C12H17N3O3/c13-9-2-1-3-10-12(9)14-11(18-10)8-15(4-6-16)5-7-17/h1-3,16-17H,4-8,13H2. The van der Waals surface area contributed by atoms with Crippen LogP contribution in [0.4, 0.5) is 5.69 Å². The number of nitrogens with two attached hydrogens (primary N) is 1. The minimum atomic E-state index is 0.0301. The molecule has 2 aromatic rings. The molecule has 0 saturated heterocycles. The molecule has 0 aliphatic carbocycles. The van der Waals surface area contributed by atoms with Crippen LogP contribution in [-0.2, 0) is 6.54 Å². The fraction of sp³-hybridized carbons (Fsp3) is 0.417. The molecule has 0 unspecified atom stereocenters. The van der Waals surface area contributed by atoms with Gasteiger partial charge in [0.1, 0.15) is 5.52 Å². The molecule has 0 aliphatic heterocycles. The molecule has 0 atom stereocenters. The minimum absolute atomic E-state index is 0.0301. The third-order valence-corrected chi connectivity index (χ3v) is 2.69. The van der Waals surface area contributed by atoms with E-state index in [2.05, 4.69) is 4.98 Å². The smallest absolute Gasteiger partial charge is 0.209 e. The lowest BCUT2D eigenvalue weighted by Crippen LogP contribution is -2.29. The molecule has 4 N–H and O–H groups in total. The largest absolute Gasteiger partial charge is 0.439 e. The number of aliphatic hydroxyl groups excluding tert-OH is 2. The summed E-state index contributed by atoms with van der Waals surface area (Å²) < 4.78 is 5.58. The zero-order valence-electron chi connectivity index (χ0n) is 10.0. The molecule has 18 heavy (non-hydrogen) atoms. The first-order chi connectivity index (χ1) is 8.74. The van der Waals surface area contributed by atoms with Gasteiger partial charge < -0.3 is 20.4 Å². The molecule has 2 rings (SSSR count). The van der Waals surface area contributed by atoms with Crippen LogP contribution in [0.1, 0.15) is 5.89 Å². The van der Waals surface area contributed by atoms with Gasteiger partial charge in [-0.25, -0.2) is 4.98 Å². The van der Waals surface area contributed by atoms with Crippen molar-refractivity contribution in [3.63, 3.8) is 0 Å². The summed E-state index contributed by atoms with van der Waals surface area (Å²) in [7, 11) is 0. The highest BCUT2D eigenvalue weighted by Crippen LogP contribution is 2.21. The van der Waals surface area contributed by atoms with Crippen molar-refractivity contribution in [1.82, 2.24) is 9.88 Å². The average Bonchev–Trinajstić information content (AvgIpc) is 2.74. The van der Waals surface area contributed by atoms with Crippen molar-refractivity contribution in [2.75, 3.05) is 32.0 Å². The molecule has 1 heterocycles. The van der Waals surface area contributed by atoms with E-state index < -0.39 is 0 Å². The Balaban J connectivity index is 2.17. The lowest BCUT2D eigenvalue weighted by Gasteiger charge is -2.17. The summed E-state index contributed by atoms with van der Waals surface area (Å²) in [6.45, 7) is 1.43. The quantitative estimate of drug-likeness (QED) is 0.635. The van der Waals surface area contributed by atoms with E-state index >= 15 is 0 Å². The second-order valence-electron chi connectivity index (χ2n) is 4.02. The van der Waals surface area contributed by atoms with Gasteiger partial charge in [-0.1, -0.05) is 6.07 Å². The van der Waals surface area contributed by atoms with Crippen molar-refractivity contribution >= 4 is 16.8 Å². The van der Waals surface area contributed by atoms with E-state index in [9.17, 15) is 0 Å². The molecule has 1 aromatic heterocycles. The van der Waals surface area contributed by atoms with Crippen LogP contribution in [0, 0.1) is 0 Å². The first kappa shape index (κ1) is 12.8. The maximum absolute atomic E-state index is 8.93. The van der Waals surface area contributed by atoms with Crippen LogP contribution in [0.25, 0.3) is 11.1 Å². The van der Waals surface area contributed by atoms with Gasteiger partial charge in [-0.05, 0) is 12.1 Å². The lowest BCUT2D eigenvalue weighted by atomic mass is 10.3. The molecular formula is C12H17N3O3. The summed E-state index contributed by atoms with van der Waals surface area (Å²) in [6, 6.07) is 5.39. The summed E-state index contributed by atoms with van der Waals surface area (Å²) in [5, 5.41) is 17.9.